The molecule has 0 bridgehead atoms. The molecule has 2 heterocycles. The number of fused-ring (bicyclic) bond motifs is 1. The van der Waals surface area contributed by atoms with Gasteiger partial charge in [0.1, 0.15) is 0 Å². The Morgan fingerprint density at radius 1 is 1.19 bits per heavy atom. The number of nitrogens with two attached hydrogens (primary N) is 1. The summed E-state index contributed by atoms with van der Waals surface area (Å²) in [6.45, 7) is 6.39. The van der Waals surface area contributed by atoms with Crippen LogP contribution < -0.4 is 10.5 Å². The number of amidine groups is 1. The smallest absolute Gasteiger partial charge is 0.296 e. The van der Waals surface area contributed by atoms with Gasteiger partial charge in [-0.1, -0.05) is 32.9 Å². The van der Waals surface area contributed by atoms with E-state index >= 15 is 0 Å². The highest BCUT2D eigenvalue weighted by Crippen LogP contribution is 2.24. The Labute approximate surface area is 157 Å². The van der Waals surface area contributed by atoms with E-state index in [1.54, 1.807) is 12.3 Å². The Balaban J connectivity index is 1.76. The molecular formula is C19H22N6O2. The summed E-state index contributed by atoms with van der Waals surface area (Å²) in [6.07, 6.45) is 1.60. The van der Waals surface area contributed by atoms with E-state index in [1.807, 2.05) is 24.3 Å². The number of pyridine rings is 1. The van der Waals surface area contributed by atoms with Gasteiger partial charge < -0.3 is 20.2 Å². The van der Waals surface area contributed by atoms with E-state index in [0.717, 1.165) is 0 Å². The summed E-state index contributed by atoms with van der Waals surface area (Å²) in [5.74, 6) is 0.535. The second-order valence-electron chi connectivity index (χ2n) is 6.99. The summed E-state index contributed by atoms with van der Waals surface area (Å²) in [5.41, 5.74) is 8.89. The van der Waals surface area contributed by atoms with Crippen molar-refractivity contribution in [3.8, 4) is 5.88 Å². The van der Waals surface area contributed by atoms with Crippen LogP contribution in [0.2, 0.25) is 0 Å². The molecule has 0 atom stereocenters. The Morgan fingerprint density at radius 3 is 2.52 bits per heavy atom. The average molecular weight is 366 g/mol. The molecule has 0 aliphatic rings. The van der Waals surface area contributed by atoms with Gasteiger partial charge in [0.25, 0.3) is 6.02 Å². The van der Waals surface area contributed by atoms with Crippen molar-refractivity contribution in [1.82, 2.24) is 15.0 Å². The van der Waals surface area contributed by atoms with Gasteiger partial charge in [-0.3, -0.25) is 5.41 Å². The molecular weight excluding hydrogens is 344 g/mol. The van der Waals surface area contributed by atoms with Gasteiger partial charge in [0, 0.05) is 11.8 Å². The van der Waals surface area contributed by atoms with Crippen molar-refractivity contribution in [3.05, 3.63) is 47.7 Å². The molecule has 0 saturated carbocycles. The molecule has 2 aromatic heterocycles. The van der Waals surface area contributed by atoms with Crippen molar-refractivity contribution in [2.24, 2.45) is 10.7 Å². The standard InChI is InChI=1S/C19H22N6O2/c1-19(2,3)12-7-5-11(6-8-12)15(20)27-17(21)25-18-23-13-9-10-22-16(26-4)14(13)24-18/h5-10,20H,1-4H3,(H3,21,23,24,25). The lowest BCUT2D eigenvalue weighted by atomic mass is 9.87. The largest absolute Gasteiger partial charge is 0.479 e. The first-order chi connectivity index (χ1) is 12.8. The molecule has 3 aromatic rings. The summed E-state index contributed by atoms with van der Waals surface area (Å²) in [7, 11) is 1.52. The van der Waals surface area contributed by atoms with E-state index in [4.69, 9.17) is 20.6 Å². The summed E-state index contributed by atoms with van der Waals surface area (Å²) in [6, 6.07) is 9.16. The number of hydrogen-bond donors (Lipinski definition) is 3. The van der Waals surface area contributed by atoms with Crippen molar-refractivity contribution in [3.63, 3.8) is 0 Å². The molecule has 0 aliphatic heterocycles. The minimum absolute atomic E-state index is 0.0409. The predicted molar refractivity (Wildman–Crippen MR) is 105 cm³/mol. The molecule has 0 radical (unpaired) electrons. The van der Waals surface area contributed by atoms with Crippen molar-refractivity contribution in [2.75, 3.05) is 7.11 Å². The molecule has 1 aromatic carbocycles. The van der Waals surface area contributed by atoms with Crippen molar-refractivity contribution >= 4 is 28.9 Å². The van der Waals surface area contributed by atoms with Crippen molar-refractivity contribution in [2.45, 2.75) is 26.2 Å². The Hall–Kier alpha value is -3.42. The third-order valence-electron chi connectivity index (χ3n) is 3.98. The van der Waals surface area contributed by atoms with E-state index in [0.29, 0.717) is 22.5 Å². The fourth-order valence-corrected chi connectivity index (χ4v) is 2.51. The second-order valence-corrected chi connectivity index (χ2v) is 6.99. The quantitative estimate of drug-likeness (QED) is 0.485. The van der Waals surface area contributed by atoms with E-state index in [1.165, 1.54) is 12.7 Å². The van der Waals surface area contributed by atoms with Crippen LogP contribution in [0.4, 0.5) is 5.95 Å². The molecule has 0 fully saturated rings. The van der Waals surface area contributed by atoms with Crippen LogP contribution >= 0.6 is 0 Å². The zero-order chi connectivity index (χ0) is 19.6. The van der Waals surface area contributed by atoms with Gasteiger partial charge in [-0.05, 0) is 29.2 Å². The molecule has 8 heteroatoms. The Bertz CT molecular complexity index is 999. The van der Waals surface area contributed by atoms with E-state index in [-0.39, 0.29) is 23.3 Å². The van der Waals surface area contributed by atoms with Gasteiger partial charge >= 0.3 is 0 Å². The number of nitrogens with zero attached hydrogens (tertiary/aromatic N) is 3. The molecule has 0 unspecified atom stereocenters. The topological polar surface area (TPSA) is 122 Å². The van der Waals surface area contributed by atoms with E-state index < -0.39 is 0 Å². The number of aromatic nitrogens is 3. The van der Waals surface area contributed by atoms with Crippen LogP contribution in [0.5, 0.6) is 5.88 Å². The SMILES string of the molecule is COc1nccc2[nH]c(/N=C(\N)OC(=N)c3ccc(C(C)(C)C)cc3)nc12. The first kappa shape index (κ1) is 18.4. The highest BCUT2D eigenvalue weighted by Gasteiger charge is 2.14. The third kappa shape index (κ3) is 4.05. The number of methoxy groups -OCH3 is 1. The van der Waals surface area contributed by atoms with Crippen LogP contribution in [0.25, 0.3) is 11.0 Å². The normalized spacial score (nSPS) is 12.2. The summed E-state index contributed by atoms with van der Waals surface area (Å²) in [5, 5.41) is 8.08. The zero-order valence-electron chi connectivity index (χ0n) is 15.7. The number of aliphatic imine (C=N–C) groups is 1. The maximum Gasteiger partial charge on any atom is 0.296 e. The van der Waals surface area contributed by atoms with Crippen molar-refractivity contribution in [1.29, 1.82) is 5.41 Å². The van der Waals surface area contributed by atoms with Gasteiger partial charge in [0.15, 0.2) is 5.52 Å². The molecule has 0 spiro atoms. The highest BCUT2D eigenvalue weighted by molar-refractivity contribution is 5.99. The van der Waals surface area contributed by atoms with Crippen molar-refractivity contribution < 1.29 is 9.47 Å². The minimum Gasteiger partial charge on any atom is -0.479 e. The van der Waals surface area contributed by atoms with Gasteiger partial charge in [-0.2, -0.15) is 4.99 Å². The van der Waals surface area contributed by atoms with Gasteiger partial charge in [-0.25, -0.2) is 9.97 Å². The first-order valence-corrected chi connectivity index (χ1v) is 8.38. The van der Waals surface area contributed by atoms with Gasteiger partial charge in [0.2, 0.25) is 17.7 Å². The van der Waals surface area contributed by atoms with Gasteiger partial charge in [0.05, 0.1) is 12.6 Å². The maximum atomic E-state index is 8.08. The van der Waals surface area contributed by atoms with Crippen LogP contribution in [0, 0.1) is 5.41 Å². The Morgan fingerprint density at radius 2 is 1.89 bits per heavy atom. The third-order valence-corrected chi connectivity index (χ3v) is 3.98. The molecule has 0 amide bonds. The molecule has 4 N–H and O–H groups in total. The van der Waals surface area contributed by atoms with Crippen LogP contribution in [0.1, 0.15) is 31.9 Å². The number of nitrogens with one attached hydrogen (secondary N) is 2. The first-order valence-electron chi connectivity index (χ1n) is 8.38. The Kier molecular flexibility index (Phi) is 4.81. The lowest BCUT2D eigenvalue weighted by Crippen LogP contribution is -2.21. The number of aromatic amines is 1. The fraction of sp³-hybridized carbons (Fsp3) is 0.263. The molecule has 0 aliphatic carbocycles. The van der Waals surface area contributed by atoms with Crippen LogP contribution in [-0.4, -0.2) is 34.0 Å². The second kappa shape index (κ2) is 7.06. The zero-order valence-corrected chi connectivity index (χ0v) is 15.7. The minimum atomic E-state index is -0.189. The number of rotatable bonds is 3. The molecule has 3 rings (SSSR count). The highest BCUT2D eigenvalue weighted by atomic mass is 16.5. The number of ether oxygens (including phenoxy) is 2. The summed E-state index contributed by atoms with van der Waals surface area (Å²) >= 11 is 0. The summed E-state index contributed by atoms with van der Waals surface area (Å²) < 4.78 is 10.5. The van der Waals surface area contributed by atoms with Gasteiger partial charge in [-0.15, -0.1) is 0 Å². The van der Waals surface area contributed by atoms with Crippen LogP contribution in [-0.2, 0) is 10.2 Å². The number of imidazole rings is 1. The van der Waals surface area contributed by atoms with E-state index in [2.05, 4.69) is 40.7 Å². The van der Waals surface area contributed by atoms with Crippen LogP contribution in [0.3, 0.4) is 0 Å². The predicted octanol–water partition coefficient (Wildman–Crippen LogP) is 3.25. The maximum absolute atomic E-state index is 8.08. The fourth-order valence-electron chi connectivity index (χ4n) is 2.51. The van der Waals surface area contributed by atoms with Crippen LogP contribution in [0.15, 0.2) is 41.5 Å². The molecule has 0 saturated heterocycles. The average Bonchev–Trinajstić information content (AvgIpc) is 3.03. The molecule has 27 heavy (non-hydrogen) atoms. The summed E-state index contributed by atoms with van der Waals surface area (Å²) in [4.78, 5) is 15.4. The molecule has 140 valence electrons. The number of hydrogen-bond acceptors (Lipinski definition) is 6. The lowest BCUT2D eigenvalue weighted by Gasteiger charge is -2.19. The lowest BCUT2D eigenvalue weighted by molar-refractivity contribution is 0.402. The molecule has 8 nitrogen and oxygen atoms in total. The van der Waals surface area contributed by atoms with E-state index in [9.17, 15) is 0 Å². The number of benzene rings is 1. The monoisotopic (exact) mass is 366 g/mol. The number of H-pyrrole nitrogens is 1.